The van der Waals surface area contributed by atoms with E-state index in [0.29, 0.717) is 0 Å². The van der Waals surface area contributed by atoms with Crippen molar-refractivity contribution < 1.29 is 14.2 Å². The van der Waals surface area contributed by atoms with Gasteiger partial charge in [0, 0.05) is 0 Å². The fourth-order valence-corrected chi connectivity index (χ4v) is 4.11. The molecule has 3 radical (unpaired) electrons. The van der Waals surface area contributed by atoms with Crippen molar-refractivity contribution in [1.29, 1.82) is 0 Å². The van der Waals surface area contributed by atoms with Gasteiger partial charge in [-0.3, -0.25) is 0 Å². The van der Waals surface area contributed by atoms with Gasteiger partial charge in [0.15, 0.2) is 0 Å². The van der Waals surface area contributed by atoms with Crippen LogP contribution < -0.4 is 0 Å². The summed E-state index contributed by atoms with van der Waals surface area (Å²) in [5, 5.41) is 0. The van der Waals surface area contributed by atoms with E-state index in [4.69, 9.17) is 14.2 Å². The van der Waals surface area contributed by atoms with Crippen molar-refractivity contribution in [2.75, 3.05) is 19.8 Å². The van der Waals surface area contributed by atoms with Crippen molar-refractivity contribution >= 4 is 22.5 Å². The number of unbranched alkanes of at least 4 members (excludes halogenated alkanes) is 6. The first-order valence-corrected chi connectivity index (χ1v) is 13.8. The Bertz CT molecular complexity index is 295. The Morgan fingerprint density at radius 2 is 0.759 bits per heavy atom. The molecule has 29 heavy (non-hydrogen) atoms. The zero-order valence-corrected chi connectivity index (χ0v) is 23.4. The molecule has 0 N–H and O–H groups in total. The van der Waals surface area contributed by atoms with E-state index in [9.17, 15) is 0 Å². The second-order valence-corrected chi connectivity index (χ2v) is 11.6. The molecule has 0 rings (SSSR count). The zero-order chi connectivity index (χ0) is 22.0. The first-order valence-electron chi connectivity index (χ1n) is 12.4. The molecule has 173 valence electrons. The van der Waals surface area contributed by atoms with Crippen molar-refractivity contribution in [2.24, 2.45) is 17.8 Å². The number of hydrogen-bond acceptors (Lipinski definition) is 3. The van der Waals surface area contributed by atoms with Gasteiger partial charge in [0.25, 0.3) is 0 Å². The topological polar surface area (TPSA) is 27.7 Å². The molecule has 0 aromatic heterocycles. The number of ether oxygens (including phenoxy) is 3. The van der Waals surface area contributed by atoms with Gasteiger partial charge >= 0.3 is 197 Å². The van der Waals surface area contributed by atoms with Crippen LogP contribution in [0.15, 0.2) is 0 Å². The Balaban J connectivity index is 4.13. The SMILES string of the molecule is CC(C)CCCCCO[C]([Sn])(OCCCCCC(C)C)OCCCCCC(C)C. The van der Waals surface area contributed by atoms with E-state index in [0.717, 1.165) is 56.8 Å². The van der Waals surface area contributed by atoms with Crippen molar-refractivity contribution in [1.82, 2.24) is 0 Å². The van der Waals surface area contributed by atoms with Gasteiger partial charge in [0.05, 0.1) is 0 Å². The van der Waals surface area contributed by atoms with Gasteiger partial charge in [-0.05, 0) is 0 Å². The third-order valence-corrected chi connectivity index (χ3v) is 6.39. The molecular formula is C25H51O3Sn. The normalized spacial score (nSPS) is 12.6. The fraction of sp³-hybridized carbons (Fsp3) is 1.00. The predicted molar refractivity (Wildman–Crippen MR) is 126 cm³/mol. The van der Waals surface area contributed by atoms with Crippen LogP contribution in [0.1, 0.15) is 119 Å². The van der Waals surface area contributed by atoms with Crippen LogP contribution >= 0.6 is 0 Å². The fourth-order valence-electron chi connectivity index (χ4n) is 3.24. The Labute approximate surface area is 196 Å². The van der Waals surface area contributed by atoms with Crippen molar-refractivity contribution in [3.8, 4) is 0 Å². The van der Waals surface area contributed by atoms with E-state index in [-0.39, 0.29) is 0 Å². The summed E-state index contributed by atoms with van der Waals surface area (Å²) < 4.78 is 17.6. The first kappa shape index (κ1) is 29.7. The standard InChI is InChI=1S/C25H51O3.Sn/c1-22(2)16-10-7-13-19-26-25(27-20-14-8-11-17-23(3)4)28-21-15-9-12-18-24(5)6;/h22-24H,7-21H2,1-6H3;. The minimum atomic E-state index is -0.791. The van der Waals surface area contributed by atoms with Crippen LogP contribution in [0.2, 0.25) is 0 Å². The van der Waals surface area contributed by atoms with Crippen molar-refractivity contribution in [3.63, 3.8) is 0 Å². The van der Waals surface area contributed by atoms with Gasteiger partial charge in [-0.1, -0.05) is 0 Å². The molecule has 0 fully saturated rings. The molecule has 0 aromatic rings. The third-order valence-electron chi connectivity index (χ3n) is 5.15. The third kappa shape index (κ3) is 21.7. The Hall–Kier alpha value is 0.679. The van der Waals surface area contributed by atoms with Crippen LogP contribution in [0.25, 0.3) is 0 Å². The summed E-state index contributed by atoms with van der Waals surface area (Å²) in [5.41, 5.74) is 0. The van der Waals surface area contributed by atoms with E-state index in [2.05, 4.69) is 41.5 Å². The molecule has 0 aromatic carbocycles. The average molecular weight is 518 g/mol. The van der Waals surface area contributed by atoms with E-state index in [1.54, 1.807) is 0 Å². The van der Waals surface area contributed by atoms with Crippen molar-refractivity contribution in [2.45, 2.75) is 123 Å². The van der Waals surface area contributed by atoms with Gasteiger partial charge in [-0.15, -0.1) is 0 Å². The summed E-state index contributed by atoms with van der Waals surface area (Å²) >= 11 is 1.18. The van der Waals surface area contributed by atoms with Gasteiger partial charge in [-0.2, -0.15) is 0 Å². The van der Waals surface area contributed by atoms with Gasteiger partial charge < -0.3 is 0 Å². The first-order chi connectivity index (χ1) is 13.7. The van der Waals surface area contributed by atoms with Crippen LogP contribution in [0, 0.1) is 17.8 Å². The molecule has 0 saturated carbocycles. The summed E-state index contributed by atoms with van der Waals surface area (Å²) in [5.74, 6) is 2.39. The molecule has 0 amide bonds. The van der Waals surface area contributed by atoms with Crippen LogP contribution in [-0.2, 0) is 14.2 Å². The summed E-state index contributed by atoms with van der Waals surface area (Å²) in [6.07, 6.45) is 14.8. The van der Waals surface area contributed by atoms with E-state index >= 15 is 0 Å². The molecule has 0 aliphatic heterocycles. The number of hydrogen-bond donors (Lipinski definition) is 0. The van der Waals surface area contributed by atoms with Crippen LogP contribution in [0.3, 0.4) is 0 Å². The maximum absolute atomic E-state index is 6.12. The summed E-state index contributed by atoms with van der Waals surface area (Å²) in [4.78, 5) is 0. The molecule has 0 spiro atoms. The van der Waals surface area contributed by atoms with Crippen LogP contribution in [0.5, 0.6) is 0 Å². The van der Waals surface area contributed by atoms with E-state index in [1.807, 2.05) is 0 Å². The zero-order valence-electron chi connectivity index (χ0n) is 20.6. The molecule has 0 aliphatic rings. The second kappa shape index (κ2) is 19.4. The molecule has 0 aliphatic carbocycles. The molecule has 0 bridgehead atoms. The minimum absolute atomic E-state index is 0.740. The second-order valence-electron chi connectivity index (χ2n) is 9.83. The van der Waals surface area contributed by atoms with E-state index in [1.165, 1.54) is 80.3 Å². The molecular weight excluding hydrogens is 467 g/mol. The quantitative estimate of drug-likeness (QED) is 0.0897. The predicted octanol–water partition coefficient (Wildman–Crippen LogP) is 7.47. The van der Waals surface area contributed by atoms with Crippen LogP contribution in [0.4, 0.5) is 0 Å². The molecule has 4 heteroatoms. The monoisotopic (exact) mass is 519 g/mol. The molecule has 3 nitrogen and oxygen atoms in total. The molecule has 0 atom stereocenters. The van der Waals surface area contributed by atoms with Gasteiger partial charge in [0.2, 0.25) is 0 Å². The molecule has 0 heterocycles. The Morgan fingerprint density at radius 1 is 0.483 bits per heavy atom. The summed E-state index contributed by atoms with van der Waals surface area (Å²) in [7, 11) is 0. The van der Waals surface area contributed by atoms with E-state index < -0.39 is 3.99 Å². The van der Waals surface area contributed by atoms with Crippen LogP contribution in [-0.4, -0.2) is 46.3 Å². The Kier molecular flexibility index (Phi) is 19.8. The summed E-state index contributed by atoms with van der Waals surface area (Å²) in [6.45, 7) is 16.0. The summed E-state index contributed by atoms with van der Waals surface area (Å²) in [6, 6.07) is 0. The number of rotatable bonds is 21. The van der Waals surface area contributed by atoms with Gasteiger partial charge in [0.1, 0.15) is 0 Å². The molecule has 0 saturated heterocycles. The molecule has 0 unspecified atom stereocenters. The Morgan fingerprint density at radius 3 is 1.00 bits per heavy atom. The average Bonchev–Trinajstić information content (AvgIpc) is 2.63. The van der Waals surface area contributed by atoms with Gasteiger partial charge in [-0.25, -0.2) is 0 Å². The van der Waals surface area contributed by atoms with Crippen molar-refractivity contribution in [3.05, 3.63) is 0 Å². The maximum atomic E-state index is 6.12.